The maximum Gasteiger partial charge on any atom is 0.115 e. The fourth-order valence-electron chi connectivity index (χ4n) is 2.95. The standard InChI is InChI=1S/C20H21Cl2N3O/c1-2-14(12-23)19-11-16(9-13-3-6-17(26)7-4-13)25(24-19)20-8-5-15(21)10-18(20)22/h3-8,10-11,14,26H,2,9,12,23H2,1H3. The van der Waals surface area contributed by atoms with Crippen LogP contribution in [0.15, 0.2) is 48.5 Å². The molecule has 4 nitrogen and oxygen atoms in total. The number of phenolic OH excluding ortho intramolecular Hbond substituents is 1. The number of aromatic nitrogens is 2. The second-order valence-electron chi connectivity index (χ2n) is 6.25. The van der Waals surface area contributed by atoms with Crippen LogP contribution in [-0.2, 0) is 6.42 Å². The first-order chi connectivity index (χ1) is 12.5. The van der Waals surface area contributed by atoms with Crippen LogP contribution in [0.2, 0.25) is 10.0 Å². The van der Waals surface area contributed by atoms with Crippen LogP contribution in [-0.4, -0.2) is 21.4 Å². The molecule has 1 aromatic heterocycles. The maximum absolute atomic E-state index is 9.50. The summed E-state index contributed by atoms with van der Waals surface area (Å²) in [4.78, 5) is 0. The molecule has 0 amide bonds. The lowest BCUT2D eigenvalue weighted by Gasteiger charge is -2.10. The van der Waals surface area contributed by atoms with Gasteiger partial charge in [-0.25, -0.2) is 4.68 Å². The first-order valence-electron chi connectivity index (χ1n) is 8.54. The van der Waals surface area contributed by atoms with E-state index in [4.69, 9.17) is 34.0 Å². The molecule has 1 heterocycles. The number of hydrogen-bond donors (Lipinski definition) is 2. The van der Waals surface area contributed by atoms with Crippen molar-refractivity contribution in [1.82, 2.24) is 9.78 Å². The maximum atomic E-state index is 9.50. The molecule has 0 aliphatic carbocycles. The SMILES string of the molecule is CCC(CN)c1cc(Cc2ccc(O)cc2)n(-c2ccc(Cl)cc2Cl)n1. The van der Waals surface area contributed by atoms with Gasteiger partial charge in [0.1, 0.15) is 5.75 Å². The van der Waals surface area contributed by atoms with Gasteiger partial charge in [0.25, 0.3) is 0 Å². The largest absolute Gasteiger partial charge is 0.508 e. The number of halogens is 2. The van der Waals surface area contributed by atoms with E-state index in [2.05, 4.69) is 13.0 Å². The summed E-state index contributed by atoms with van der Waals surface area (Å²) in [7, 11) is 0. The van der Waals surface area contributed by atoms with Crippen LogP contribution in [0.25, 0.3) is 5.69 Å². The quantitative estimate of drug-likeness (QED) is 0.628. The molecule has 26 heavy (non-hydrogen) atoms. The van der Waals surface area contributed by atoms with Gasteiger partial charge in [-0.2, -0.15) is 5.10 Å². The number of aromatic hydroxyl groups is 1. The van der Waals surface area contributed by atoms with Gasteiger partial charge in [-0.15, -0.1) is 0 Å². The van der Waals surface area contributed by atoms with Gasteiger partial charge in [-0.1, -0.05) is 42.3 Å². The molecule has 2 aromatic carbocycles. The molecule has 0 saturated carbocycles. The third kappa shape index (κ3) is 4.04. The second-order valence-corrected chi connectivity index (χ2v) is 7.10. The molecule has 0 spiro atoms. The van der Waals surface area contributed by atoms with Gasteiger partial charge >= 0.3 is 0 Å². The van der Waals surface area contributed by atoms with Crippen molar-refractivity contribution in [1.29, 1.82) is 0 Å². The van der Waals surface area contributed by atoms with Crippen LogP contribution in [0.5, 0.6) is 5.75 Å². The van der Waals surface area contributed by atoms with Crippen molar-refractivity contribution < 1.29 is 5.11 Å². The zero-order valence-electron chi connectivity index (χ0n) is 14.5. The van der Waals surface area contributed by atoms with Crippen molar-refractivity contribution in [3.05, 3.63) is 75.5 Å². The lowest BCUT2D eigenvalue weighted by Crippen LogP contribution is -2.12. The number of phenols is 1. The molecule has 0 aliphatic heterocycles. The number of benzene rings is 2. The fraction of sp³-hybridized carbons (Fsp3) is 0.250. The van der Waals surface area contributed by atoms with Crippen LogP contribution in [0.3, 0.4) is 0 Å². The van der Waals surface area contributed by atoms with E-state index in [9.17, 15) is 5.11 Å². The first kappa shape index (κ1) is 18.8. The molecular formula is C20H21Cl2N3O. The fourth-order valence-corrected chi connectivity index (χ4v) is 3.44. The van der Waals surface area contributed by atoms with Gasteiger partial charge in [-0.3, -0.25) is 0 Å². The Morgan fingerprint density at radius 3 is 2.46 bits per heavy atom. The Hall–Kier alpha value is -2.01. The van der Waals surface area contributed by atoms with Gasteiger partial charge < -0.3 is 10.8 Å². The van der Waals surface area contributed by atoms with Crippen LogP contribution >= 0.6 is 23.2 Å². The molecule has 0 saturated heterocycles. The van der Waals surface area contributed by atoms with E-state index >= 15 is 0 Å². The molecule has 1 unspecified atom stereocenters. The first-order valence-corrected chi connectivity index (χ1v) is 9.29. The number of rotatable bonds is 6. The van der Waals surface area contributed by atoms with Crippen molar-refractivity contribution >= 4 is 23.2 Å². The molecule has 136 valence electrons. The second kappa shape index (κ2) is 8.12. The number of nitrogens with zero attached hydrogens (tertiary/aromatic N) is 2. The van der Waals surface area contributed by atoms with Gasteiger partial charge in [0, 0.05) is 29.6 Å². The predicted octanol–water partition coefficient (Wildman–Crippen LogP) is 4.93. The Morgan fingerprint density at radius 1 is 1.12 bits per heavy atom. The van der Waals surface area contributed by atoms with E-state index in [1.807, 2.05) is 22.9 Å². The van der Waals surface area contributed by atoms with Crippen molar-refractivity contribution in [3.8, 4) is 11.4 Å². The summed E-state index contributed by atoms with van der Waals surface area (Å²) in [6, 6.07) is 14.6. The van der Waals surface area contributed by atoms with Gasteiger partial charge in [-0.05, 0) is 48.4 Å². The van der Waals surface area contributed by atoms with E-state index in [0.29, 0.717) is 23.0 Å². The molecule has 3 aromatic rings. The Bertz CT molecular complexity index is 887. The van der Waals surface area contributed by atoms with Crippen LogP contribution in [0.4, 0.5) is 0 Å². The normalized spacial score (nSPS) is 12.3. The van der Waals surface area contributed by atoms with Gasteiger partial charge in [0.15, 0.2) is 0 Å². The zero-order valence-corrected chi connectivity index (χ0v) is 16.0. The van der Waals surface area contributed by atoms with E-state index in [1.165, 1.54) is 0 Å². The van der Waals surface area contributed by atoms with E-state index < -0.39 is 0 Å². The Morgan fingerprint density at radius 2 is 1.85 bits per heavy atom. The lowest BCUT2D eigenvalue weighted by molar-refractivity contribution is 0.475. The average Bonchev–Trinajstić information content (AvgIpc) is 3.01. The molecule has 3 rings (SSSR count). The van der Waals surface area contributed by atoms with Crippen LogP contribution in [0, 0.1) is 0 Å². The highest BCUT2D eigenvalue weighted by molar-refractivity contribution is 6.35. The molecule has 6 heteroatoms. The Labute approximate surface area is 163 Å². The third-order valence-electron chi connectivity index (χ3n) is 4.46. The molecule has 3 N–H and O–H groups in total. The van der Waals surface area contributed by atoms with Crippen molar-refractivity contribution in [2.24, 2.45) is 5.73 Å². The molecule has 0 fully saturated rings. The minimum atomic E-state index is 0.195. The molecule has 0 aliphatic rings. The molecule has 0 bridgehead atoms. The topological polar surface area (TPSA) is 64.1 Å². The summed E-state index contributed by atoms with van der Waals surface area (Å²) in [6.45, 7) is 2.64. The van der Waals surface area contributed by atoms with E-state index in [0.717, 1.165) is 29.1 Å². The predicted molar refractivity (Wildman–Crippen MR) is 107 cm³/mol. The average molecular weight is 390 g/mol. The van der Waals surface area contributed by atoms with Crippen LogP contribution < -0.4 is 5.73 Å². The lowest BCUT2D eigenvalue weighted by atomic mass is 10.0. The van der Waals surface area contributed by atoms with E-state index in [-0.39, 0.29) is 11.7 Å². The monoisotopic (exact) mass is 389 g/mol. The minimum absolute atomic E-state index is 0.195. The number of nitrogens with two attached hydrogens (primary N) is 1. The third-order valence-corrected chi connectivity index (χ3v) is 4.99. The highest BCUT2D eigenvalue weighted by Gasteiger charge is 2.17. The summed E-state index contributed by atoms with van der Waals surface area (Å²) in [5.74, 6) is 0.443. The summed E-state index contributed by atoms with van der Waals surface area (Å²) < 4.78 is 1.86. The Balaban J connectivity index is 2.06. The summed E-state index contributed by atoms with van der Waals surface area (Å²) in [5, 5.41) is 15.4. The highest BCUT2D eigenvalue weighted by atomic mass is 35.5. The number of hydrogen-bond acceptors (Lipinski definition) is 3. The van der Waals surface area contributed by atoms with Crippen LogP contribution in [0.1, 0.15) is 36.2 Å². The summed E-state index contributed by atoms with van der Waals surface area (Å²) in [5.41, 5.74) is 9.72. The molecule has 0 radical (unpaired) electrons. The smallest absolute Gasteiger partial charge is 0.115 e. The van der Waals surface area contributed by atoms with Crippen molar-refractivity contribution in [2.45, 2.75) is 25.7 Å². The van der Waals surface area contributed by atoms with Crippen molar-refractivity contribution in [3.63, 3.8) is 0 Å². The Kier molecular flexibility index (Phi) is 5.87. The minimum Gasteiger partial charge on any atom is -0.508 e. The summed E-state index contributed by atoms with van der Waals surface area (Å²) in [6.07, 6.45) is 1.58. The highest BCUT2D eigenvalue weighted by Crippen LogP contribution is 2.28. The zero-order chi connectivity index (χ0) is 18.7. The summed E-state index contributed by atoms with van der Waals surface area (Å²) >= 11 is 12.4. The molecular weight excluding hydrogens is 369 g/mol. The molecule has 1 atom stereocenters. The van der Waals surface area contributed by atoms with Gasteiger partial charge in [0.2, 0.25) is 0 Å². The van der Waals surface area contributed by atoms with Crippen molar-refractivity contribution in [2.75, 3.05) is 6.54 Å². The van der Waals surface area contributed by atoms with Gasteiger partial charge in [0.05, 0.1) is 16.4 Å². The van der Waals surface area contributed by atoms with E-state index in [1.54, 1.807) is 24.3 Å².